The smallest absolute Gasteiger partial charge is 0.227 e. The molecule has 0 radical (unpaired) electrons. The molecule has 0 bridgehead atoms. The highest BCUT2D eigenvalue weighted by Crippen LogP contribution is 2.26. The van der Waals surface area contributed by atoms with Crippen molar-refractivity contribution in [2.75, 3.05) is 11.4 Å². The highest BCUT2D eigenvalue weighted by molar-refractivity contribution is 6.30. The largest absolute Gasteiger partial charge is 0.352 e. The second kappa shape index (κ2) is 8.28. The number of anilines is 1. The molecule has 3 aromatic rings. The van der Waals surface area contributed by atoms with Crippen LogP contribution in [0, 0.1) is 18.7 Å². The van der Waals surface area contributed by atoms with Crippen molar-refractivity contribution in [3.05, 3.63) is 77.1 Å². The summed E-state index contributed by atoms with van der Waals surface area (Å²) in [4.78, 5) is 30.6. The van der Waals surface area contributed by atoms with Crippen LogP contribution in [0.4, 0.5) is 10.1 Å². The third-order valence-corrected chi connectivity index (χ3v) is 5.45. The highest BCUT2D eigenvalue weighted by atomic mass is 35.5. The van der Waals surface area contributed by atoms with Gasteiger partial charge in [-0.2, -0.15) is 0 Å². The fourth-order valence-electron chi connectivity index (χ4n) is 3.58. The van der Waals surface area contributed by atoms with Gasteiger partial charge in [0, 0.05) is 42.6 Å². The van der Waals surface area contributed by atoms with Crippen molar-refractivity contribution >= 4 is 29.1 Å². The van der Waals surface area contributed by atoms with E-state index in [0.29, 0.717) is 34.3 Å². The van der Waals surface area contributed by atoms with E-state index in [4.69, 9.17) is 11.6 Å². The number of imidazole rings is 1. The van der Waals surface area contributed by atoms with Crippen molar-refractivity contribution in [2.45, 2.75) is 19.9 Å². The predicted octanol–water partition coefficient (Wildman–Crippen LogP) is 3.64. The summed E-state index contributed by atoms with van der Waals surface area (Å²) in [6.07, 6.45) is 3.44. The zero-order valence-electron chi connectivity index (χ0n) is 16.3. The van der Waals surface area contributed by atoms with E-state index in [-0.39, 0.29) is 24.8 Å². The SMILES string of the molecule is Cc1nccn1-c1ccc(CNC(=O)C2CC(=O)N(c3ccc(Cl)cc3)C2)cc1F. The second-order valence-corrected chi connectivity index (χ2v) is 7.67. The Morgan fingerprint density at radius 3 is 2.70 bits per heavy atom. The summed E-state index contributed by atoms with van der Waals surface area (Å²) in [7, 11) is 0. The summed E-state index contributed by atoms with van der Waals surface area (Å²) < 4.78 is 16.2. The summed E-state index contributed by atoms with van der Waals surface area (Å²) in [5.41, 5.74) is 1.76. The molecule has 1 saturated heterocycles. The summed E-state index contributed by atoms with van der Waals surface area (Å²) >= 11 is 5.89. The lowest BCUT2D eigenvalue weighted by atomic mass is 10.1. The van der Waals surface area contributed by atoms with Gasteiger partial charge < -0.3 is 14.8 Å². The first kappa shape index (κ1) is 20.1. The summed E-state index contributed by atoms with van der Waals surface area (Å²) in [5, 5.41) is 3.40. The Labute approximate surface area is 178 Å². The van der Waals surface area contributed by atoms with Crippen LogP contribution in [0.25, 0.3) is 5.69 Å². The Hall–Kier alpha value is -3.19. The zero-order valence-corrected chi connectivity index (χ0v) is 17.1. The van der Waals surface area contributed by atoms with Gasteiger partial charge in [0.1, 0.15) is 11.6 Å². The maximum Gasteiger partial charge on any atom is 0.227 e. The number of rotatable bonds is 5. The van der Waals surface area contributed by atoms with E-state index in [2.05, 4.69) is 10.3 Å². The van der Waals surface area contributed by atoms with Gasteiger partial charge in [-0.1, -0.05) is 17.7 Å². The van der Waals surface area contributed by atoms with Crippen LogP contribution in [-0.2, 0) is 16.1 Å². The number of carbonyl (C=O) groups excluding carboxylic acids is 2. The maximum atomic E-state index is 14.5. The number of nitrogens with zero attached hydrogens (tertiary/aromatic N) is 3. The van der Waals surface area contributed by atoms with E-state index in [1.807, 2.05) is 0 Å². The van der Waals surface area contributed by atoms with Crippen molar-refractivity contribution in [3.63, 3.8) is 0 Å². The van der Waals surface area contributed by atoms with E-state index < -0.39 is 11.7 Å². The maximum absolute atomic E-state index is 14.5. The topological polar surface area (TPSA) is 67.2 Å². The molecule has 2 heterocycles. The van der Waals surface area contributed by atoms with Gasteiger partial charge in [0.15, 0.2) is 0 Å². The van der Waals surface area contributed by atoms with Gasteiger partial charge in [0.05, 0.1) is 11.6 Å². The fourth-order valence-corrected chi connectivity index (χ4v) is 3.70. The van der Waals surface area contributed by atoms with E-state index in [1.54, 1.807) is 65.2 Å². The molecule has 2 aromatic carbocycles. The number of carbonyl (C=O) groups is 2. The number of aryl methyl sites for hydroxylation is 1. The Morgan fingerprint density at radius 1 is 1.27 bits per heavy atom. The lowest BCUT2D eigenvalue weighted by Gasteiger charge is -2.17. The van der Waals surface area contributed by atoms with Crippen molar-refractivity contribution in [2.24, 2.45) is 5.92 Å². The lowest BCUT2D eigenvalue weighted by molar-refractivity contribution is -0.126. The van der Waals surface area contributed by atoms with Gasteiger partial charge in [-0.25, -0.2) is 9.37 Å². The van der Waals surface area contributed by atoms with Gasteiger partial charge in [0.25, 0.3) is 0 Å². The van der Waals surface area contributed by atoms with Gasteiger partial charge >= 0.3 is 0 Å². The molecule has 1 N–H and O–H groups in total. The van der Waals surface area contributed by atoms with Crippen molar-refractivity contribution in [3.8, 4) is 5.69 Å². The van der Waals surface area contributed by atoms with Crippen LogP contribution < -0.4 is 10.2 Å². The molecule has 1 aliphatic heterocycles. The third kappa shape index (κ3) is 4.07. The van der Waals surface area contributed by atoms with Crippen LogP contribution in [0.15, 0.2) is 54.9 Å². The Balaban J connectivity index is 1.38. The Kier molecular flexibility index (Phi) is 5.55. The van der Waals surface area contributed by atoms with Gasteiger partial charge in [0.2, 0.25) is 11.8 Å². The number of hydrogen-bond acceptors (Lipinski definition) is 3. The minimum atomic E-state index is -0.453. The highest BCUT2D eigenvalue weighted by Gasteiger charge is 2.35. The van der Waals surface area contributed by atoms with Crippen LogP contribution in [0.1, 0.15) is 17.8 Å². The quantitative estimate of drug-likeness (QED) is 0.677. The average molecular weight is 427 g/mol. The third-order valence-electron chi connectivity index (χ3n) is 5.20. The minimum Gasteiger partial charge on any atom is -0.352 e. The second-order valence-electron chi connectivity index (χ2n) is 7.23. The number of nitrogens with one attached hydrogen (secondary N) is 1. The summed E-state index contributed by atoms with van der Waals surface area (Å²) in [5.74, 6) is -0.497. The molecular formula is C22H20ClFN4O2. The van der Waals surface area contributed by atoms with E-state index in [0.717, 1.165) is 0 Å². The van der Waals surface area contributed by atoms with Gasteiger partial charge in [-0.3, -0.25) is 9.59 Å². The monoisotopic (exact) mass is 426 g/mol. The number of amides is 2. The molecule has 4 rings (SSSR count). The molecule has 6 nitrogen and oxygen atoms in total. The molecule has 0 saturated carbocycles. The fraction of sp³-hybridized carbons (Fsp3) is 0.227. The number of hydrogen-bond donors (Lipinski definition) is 1. The molecule has 2 amide bonds. The molecule has 1 atom stereocenters. The first-order chi connectivity index (χ1) is 14.4. The molecule has 1 aliphatic rings. The van der Waals surface area contributed by atoms with Crippen LogP contribution >= 0.6 is 11.6 Å². The molecular weight excluding hydrogens is 407 g/mol. The van der Waals surface area contributed by atoms with Crippen LogP contribution in [0.3, 0.4) is 0 Å². The molecule has 1 fully saturated rings. The first-order valence-electron chi connectivity index (χ1n) is 9.55. The minimum absolute atomic E-state index is 0.108. The normalized spacial score (nSPS) is 16.2. The average Bonchev–Trinajstić information content (AvgIpc) is 3.32. The first-order valence-corrected chi connectivity index (χ1v) is 9.92. The molecule has 0 aliphatic carbocycles. The molecule has 8 heteroatoms. The van der Waals surface area contributed by atoms with Crippen molar-refractivity contribution < 1.29 is 14.0 Å². The van der Waals surface area contributed by atoms with Gasteiger partial charge in [-0.05, 0) is 48.9 Å². The van der Waals surface area contributed by atoms with Crippen LogP contribution in [0.5, 0.6) is 0 Å². The molecule has 30 heavy (non-hydrogen) atoms. The molecule has 154 valence electrons. The Bertz CT molecular complexity index is 1100. The predicted molar refractivity (Wildman–Crippen MR) is 112 cm³/mol. The number of halogens is 2. The molecule has 1 unspecified atom stereocenters. The standard InChI is InChI=1S/C22H20ClFN4O2/c1-14-25-8-9-27(14)20-7-2-15(10-19(20)24)12-26-22(30)16-11-21(29)28(13-16)18-5-3-17(23)4-6-18/h2-10,16H,11-13H2,1H3,(H,26,30). The van der Waals surface area contributed by atoms with Gasteiger partial charge in [-0.15, -0.1) is 0 Å². The van der Waals surface area contributed by atoms with Crippen molar-refractivity contribution in [1.29, 1.82) is 0 Å². The van der Waals surface area contributed by atoms with E-state index >= 15 is 0 Å². The molecule has 0 spiro atoms. The van der Waals surface area contributed by atoms with Crippen molar-refractivity contribution in [1.82, 2.24) is 14.9 Å². The molecule has 1 aromatic heterocycles. The van der Waals surface area contributed by atoms with Crippen LogP contribution in [-0.4, -0.2) is 27.9 Å². The van der Waals surface area contributed by atoms with Crippen LogP contribution in [0.2, 0.25) is 5.02 Å². The van der Waals surface area contributed by atoms with E-state index in [9.17, 15) is 14.0 Å². The van der Waals surface area contributed by atoms with E-state index in [1.165, 1.54) is 6.07 Å². The lowest BCUT2D eigenvalue weighted by Crippen LogP contribution is -2.32. The Morgan fingerprint density at radius 2 is 2.03 bits per heavy atom. The summed E-state index contributed by atoms with van der Waals surface area (Å²) in [6.45, 7) is 2.29. The number of aromatic nitrogens is 2. The number of benzene rings is 2. The summed E-state index contributed by atoms with van der Waals surface area (Å²) in [6, 6.07) is 11.8. The zero-order chi connectivity index (χ0) is 21.3.